The van der Waals surface area contributed by atoms with Crippen LogP contribution in [0.1, 0.15) is 15.9 Å². The fraction of sp³-hybridized carbons (Fsp3) is 0.263. The van der Waals surface area contributed by atoms with Crippen molar-refractivity contribution in [1.29, 1.82) is 0 Å². The molecule has 1 heterocycles. The molecule has 0 N–H and O–H groups in total. The van der Waals surface area contributed by atoms with Gasteiger partial charge >= 0.3 is 0 Å². The summed E-state index contributed by atoms with van der Waals surface area (Å²) in [4.78, 5) is 28.6. The number of carbonyl (C=O) groups excluding carboxylic acids is 2. The summed E-state index contributed by atoms with van der Waals surface area (Å²) >= 11 is 9.25. The smallest absolute Gasteiger partial charge is 0.254 e. The zero-order valence-corrected chi connectivity index (χ0v) is 16.0. The third kappa shape index (κ3) is 4.61. The Morgan fingerprint density at radius 1 is 0.960 bits per heavy atom. The van der Waals surface area contributed by atoms with Gasteiger partial charge in [-0.2, -0.15) is 0 Å². The van der Waals surface area contributed by atoms with Crippen LogP contribution in [0.15, 0.2) is 53.0 Å². The van der Waals surface area contributed by atoms with Crippen LogP contribution in [0.5, 0.6) is 0 Å². The second-order valence-electron chi connectivity index (χ2n) is 5.99. The van der Waals surface area contributed by atoms with Crippen LogP contribution >= 0.6 is 27.5 Å². The lowest BCUT2D eigenvalue weighted by Crippen LogP contribution is -2.51. The van der Waals surface area contributed by atoms with Crippen LogP contribution in [0.25, 0.3) is 0 Å². The molecule has 1 fully saturated rings. The van der Waals surface area contributed by atoms with E-state index in [4.69, 9.17) is 11.6 Å². The SMILES string of the molecule is O=C(Cc1ccc(Cl)cc1)N1CCN(C(=O)c2cccc(Br)c2)CC1. The molecule has 2 aromatic rings. The summed E-state index contributed by atoms with van der Waals surface area (Å²) in [7, 11) is 0. The van der Waals surface area contributed by atoms with Gasteiger partial charge in [0.15, 0.2) is 0 Å². The van der Waals surface area contributed by atoms with Gasteiger partial charge in [-0.05, 0) is 35.9 Å². The van der Waals surface area contributed by atoms with Gasteiger partial charge in [0.2, 0.25) is 5.91 Å². The third-order valence-corrected chi connectivity index (χ3v) is 5.00. The van der Waals surface area contributed by atoms with E-state index in [9.17, 15) is 9.59 Å². The predicted molar refractivity (Wildman–Crippen MR) is 102 cm³/mol. The van der Waals surface area contributed by atoms with Gasteiger partial charge in [0.1, 0.15) is 0 Å². The topological polar surface area (TPSA) is 40.6 Å². The maximum Gasteiger partial charge on any atom is 0.254 e. The zero-order valence-electron chi connectivity index (χ0n) is 13.6. The molecule has 0 aliphatic carbocycles. The number of hydrogen-bond acceptors (Lipinski definition) is 2. The van der Waals surface area contributed by atoms with Gasteiger partial charge in [-0.15, -0.1) is 0 Å². The number of nitrogens with zero attached hydrogens (tertiary/aromatic N) is 2. The Morgan fingerprint density at radius 3 is 2.24 bits per heavy atom. The number of rotatable bonds is 3. The Balaban J connectivity index is 1.55. The quantitative estimate of drug-likeness (QED) is 0.759. The highest BCUT2D eigenvalue weighted by Crippen LogP contribution is 2.16. The Kier molecular flexibility index (Phi) is 5.76. The van der Waals surface area contributed by atoms with E-state index in [1.54, 1.807) is 17.0 Å². The highest BCUT2D eigenvalue weighted by atomic mass is 79.9. The Morgan fingerprint density at radius 2 is 1.60 bits per heavy atom. The Labute approximate surface area is 160 Å². The molecule has 0 bridgehead atoms. The minimum absolute atomic E-state index is 0.00565. The predicted octanol–water partition coefficient (Wildman–Crippen LogP) is 3.63. The molecule has 0 radical (unpaired) electrons. The monoisotopic (exact) mass is 420 g/mol. The molecule has 1 aliphatic heterocycles. The van der Waals surface area contributed by atoms with Gasteiger partial charge < -0.3 is 9.80 Å². The molecular formula is C19H18BrClN2O2. The van der Waals surface area contributed by atoms with Crippen molar-refractivity contribution in [2.45, 2.75) is 6.42 Å². The molecule has 6 heteroatoms. The molecule has 0 unspecified atom stereocenters. The fourth-order valence-electron chi connectivity index (χ4n) is 2.85. The van der Waals surface area contributed by atoms with E-state index < -0.39 is 0 Å². The molecule has 3 rings (SSSR count). The van der Waals surface area contributed by atoms with E-state index >= 15 is 0 Å². The normalized spacial score (nSPS) is 14.5. The number of benzene rings is 2. The van der Waals surface area contributed by atoms with E-state index in [2.05, 4.69) is 15.9 Å². The van der Waals surface area contributed by atoms with Gasteiger partial charge in [-0.25, -0.2) is 0 Å². The number of hydrogen-bond donors (Lipinski definition) is 0. The van der Waals surface area contributed by atoms with E-state index in [1.807, 2.05) is 41.3 Å². The minimum atomic E-state index is 0.00565. The molecule has 4 nitrogen and oxygen atoms in total. The second kappa shape index (κ2) is 8.02. The number of amides is 2. The van der Waals surface area contributed by atoms with E-state index in [1.165, 1.54) is 0 Å². The summed E-state index contributed by atoms with van der Waals surface area (Å²) in [6.45, 7) is 2.23. The summed E-state index contributed by atoms with van der Waals surface area (Å²) in [5, 5.41) is 0.663. The van der Waals surface area contributed by atoms with Crippen LogP contribution in [0.2, 0.25) is 5.02 Å². The summed E-state index contributed by atoms with van der Waals surface area (Å²) in [6.07, 6.45) is 0.358. The standard InChI is InChI=1S/C19H18BrClN2O2/c20-16-3-1-2-15(13-16)19(25)23-10-8-22(9-11-23)18(24)12-14-4-6-17(21)7-5-14/h1-7,13H,8-12H2. The molecule has 130 valence electrons. The van der Waals surface area contributed by atoms with Gasteiger partial charge in [-0.3, -0.25) is 9.59 Å². The zero-order chi connectivity index (χ0) is 17.8. The van der Waals surface area contributed by atoms with Crippen molar-refractivity contribution in [3.8, 4) is 0 Å². The first-order valence-electron chi connectivity index (χ1n) is 8.10. The van der Waals surface area contributed by atoms with Crippen molar-refractivity contribution in [2.75, 3.05) is 26.2 Å². The summed E-state index contributed by atoms with van der Waals surface area (Å²) in [5.41, 5.74) is 1.61. The molecule has 0 saturated carbocycles. The van der Waals surface area contributed by atoms with Crippen molar-refractivity contribution in [1.82, 2.24) is 9.80 Å². The molecule has 2 amide bonds. The van der Waals surface area contributed by atoms with Crippen LogP contribution in [-0.2, 0) is 11.2 Å². The molecule has 2 aromatic carbocycles. The van der Waals surface area contributed by atoms with Gasteiger partial charge in [0.05, 0.1) is 6.42 Å². The lowest BCUT2D eigenvalue weighted by Gasteiger charge is -2.35. The largest absolute Gasteiger partial charge is 0.339 e. The highest BCUT2D eigenvalue weighted by molar-refractivity contribution is 9.10. The average Bonchev–Trinajstić information content (AvgIpc) is 2.63. The number of halogens is 2. The maximum atomic E-state index is 12.5. The fourth-order valence-corrected chi connectivity index (χ4v) is 3.38. The van der Waals surface area contributed by atoms with Crippen molar-refractivity contribution in [3.05, 3.63) is 69.2 Å². The lowest BCUT2D eigenvalue weighted by atomic mass is 10.1. The minimum Gasteiger partial charge on any atom is -0.339 e. The second-order valence-corrected chi connectivity index (χ2v) is 7.34. The van der Waals surface area contributed by atoms with Gasteiger partial charge in [0, 0.05) is 41.2 Å². The molecule has 0 aromatic heterocycles. The van der Waals surface area contributed by atoms with E-state index in [0.29, 0.717) is 43.2 Å². The Bertz CT molecular complexity index is 771. The van der Waals surface area contributed by atoms with Crippen LogP contribution in [-0.4, -0.2) is 47.8 Å². The Hall–Kier alpha value is -1.85. The average molecular weight is 422 g/mol. The van der Waals surface area contributed by atoms with Crippen LogP contribution in [0.4, 0.5) is 0 Å². The van der Waals surface area contributed by atoms with Crippen molar-refractivity contribution < 1.29 is 9.59 Å². The molecule has 0 atom stereocenters. The third-order valence-electron chi connectivity index (χ3n) is 4.26. The van der Waals surface area contributed by atoms with Gasteiger partial charge in [0.25, 0.3) is 5.91 Å². The first-order chi connectivity index (χ1) is 12.0. The first kappa shape index (κ1) is 18.0. The molecule has 25 heavy (non-hydrogen) atoms. The molecule has 1 aliphatic rings. The number of carbonyl (C=O) groups is 2. The molecular weight excluding hydrogens is 404 g/mol. The summed E-state index contributed by atoms with van der Waals surface area (Å²) in [6, 6.07) is 14.7. The van der Waals surface area contributed by atoms with Crippen LogP contribution in [0.3, 0.4) is 0 Å². The van der Waals surface area contributed by atoms with Crippen LogP contribution < -0.4 is 0 Å². The van der Waals surface area contributed by atoms with Crippen molar-refractivity contribution in [3.63, 3.8) is 0 Å². The first-order valence-corrected chi connectivity index (χ1v) is 9.27. The lowest BCUT2D eigenvalue weighted by molar-refractivity contribution is -0.131. The molecule has 1 saturated heterocycles. The van der Waals surface area contributed by atoms with Crippen molar-refractivity contribution in [2.24, 2.45) is 0 Å². The van der Waals surface area contributed by atoms with Crippen molar-refractivity contribution >= 4 is 39.3 Å². The van der Waals surface area contributed by atoms with Gasteiger partial charge in [-0.1, -0.05) is 45.7 Å². The maximum absolute atomic E-state index is 12.5. The summed E-state index contributed by atoms with van der Waals surface area (Å²) < 4.78 is 0.884. The van der Waals surface area contributed by atoms with E-state index in [-0.39, 0.29) is 11.8 Å². The van der Waals surface area contributed by atoms with Crippen LogP contribution in [0, 0.1) is 0 Å². The number of piperazine rings is 1. The highest BCUT2D eigenvalue weighted by Gasteiger charge is 2.24. The molecule has 0 spiro atoms. The summed E-state index contributed by atoms with van der Waals surface area (Å²) in [5.74, 6) is 0.0861. The van der Waals surface area contributed by atoms with E-state index in [0.717, 1.165) is 10.0 Å².